The third-order valence-corrected chi connectivity index (χ3v) is 10.6. The number of rotatable bonds is 5. The zero-order chi connectivity index (χ0) is 41.4. The number of fused-ring (bicyclic) bond motifs is 6. The van der Waals surface area contributed by atoms with E-state index in [1.54, 1.807) is 12.3 Å². The van der Waals surface area contributed by atoms with Crippen molar-refractivity contribution in [1.29, 1.82) is 5.26 Å². The average Bonchev–Trinajstić information content (AvgIpc) is 3.74. The molecule has 10 nitrogen and oxygen atoms in total. The van der Waals surface area contributed by atoms with E-state index in [1.807, 2.05) is 128 Å². The fraction of sp³-hybridized carbons (Fsp3) is 0.106. The number of pyridine rings is 1. The topological polar surface area (TPSA) is 124 Å². The van der Waals surface area contributed by atoms with Crippen molar-refractivity contribution >= 4 is 43.6 Å². The van der Waals surface area contributed by atoms with Crippen LogP contribution in [0.15, 0.2) is 115 Å². The largest absolute Gasteiger partial charge is 0.416 e. The minimum Gasteiger partial charge on any atom is -0.307 e. The average molecular weight is 793 g/mol. The smallest absolute Gasteiger partial charge is 0.307 e. The van der Waals surface area contributed by atoms with Crippen LogP contribution in [-0.4, -0.2) is 44.0 Å². The van der Waals surface area contributed by atoms with Gasteiger partial charge in [-0.1, -0.05) is 36.4 Å². The van der Waals surface area contributed by atoms with Crippen LogP contribution in [0.5, 0.6) is 0 Å². The first-order chi connectivity index (χ1) is 28.9. The lowest BCUT2D eigenvalue weighted by molar-refractivity contribution is -0.137. The SMILES string of the molecule is Cc1nc(C)nc(-c2ccc3c(c2)c2ccccc2n3-c2cc(-c3cc(C#N)cc(C(F)(F)F)c3)c(-n3c4ccccc4c4cc(-c5nc(C)nc(C)n5)ccc43)cn2)n1. The van der Waals surface area contributed by atoms with Crippen molar-refractivity contribution in [3.05, 3.63) is 150 Å². The van der Waals surface area contributed by atoms with Gasteiger partial charge in [0, 0.05) is 38.2 Å². The van der Waals surface area contributed by atoms with Gasteiger partial charge in [0.2, 0.25) is 0 Å². The first kappa shape index (κ1) is 36.5. The Bertz CT molecular complexity index is 3410. The van der Waals surface area contributed by atoms with Crippen LogP contribution >= 0.6 is 0 Å². The molecule has 0 atom stereocenters. The maximum atomic E-state index is 14.5. The van der Waals surface area contributed by atoms with Crippen LogP contribution in [0.25, 0.3) is 89.0 Å². The summed E-state index contributed by atoms with van der Waals surface area (Å²) >= 11 is 0. The highest BCUT2D eigenvalue weighted by molar-refractivity contribution is 6.12. The molecule has 0 saturated carbocycles. The van der Waals surface area contributed by atoms with Gasteiger partial charge in [-0.15, -0.1) is 0 Å². The molecule has 0 saturated heterocycles. The van der Waals surface area contributed by atoms with Crippen molar-refractivity contribution in [3.8, 4) is 51.5 Å². The highest BCUT2D eigenvalue weighted by Gasteiger charge is 2.32. The molecule has 0 fully saturated rings. The van der Waals surface area contributed by atoms with Gasteiger partial charge >= 0.3 is 6.18 Å². The quantitative estimate of drug-likeness (QED) is 0.169. The Balaban J connectivity index is 1.25. The molecule has 60 heavy (non-hydrogen) atoms. The molecule has 0 spiro atoms. The molecule has 13 heteroatoms. The van der Waals surface area contributed by atoms with Crippen molar-refractivity contribution < 1.29 is 13.2 Å². The lowest BCUT2D eigenvalue weighted by atomic mass is 9.99. The first-order valence-corrected chi connectivity index (χ1v) is 19.0. The van der Waals surface area contributed by atoms with Gasteiger partial charge in [0.1, 0.15) is 29.1 Å². The summed E-state index contributed by atoms with van der Waals surface area (Å²) in [5.41, 5.74) is 5.00. The number of hydrogen-bond donors (Lipinski definition) is 0. The fourth-order valence-corrected chi connectivity index (χ4v) is 8.20. The van der Waals surface area contributed by atoms with Crippen LogP contribution in [0.3, 0.4) is 0 Å². The fourth-order valence-electron chi connectivity index (χ4n) is 8.20. The normalized spacial score (nSPS) is 11.9. The summed E-state index contributed by atoms with van der Waals surface area (Å²) in [7, 11) is 0. The molecule has 0 N–H and O–H groups in total. The molecule has 10 rings (SSSR count). The van der Waals surface area contributed by atoms with E-state index in [-0.39, 0.29) is 11.1 Å². The number of benzene rings is 5. The van der Waals surface area contributed by atoms with E-state index in [2.05, 4.69) is 29.9 Å². The summed E-state index contributed by atoms with van der Waals surface area (Å²) in [5.74, 6) is 3.99. The third-order valence-electron chi connectivity index (χ3n) is 10.6. The van der Waals surface area contributed by atoms with Crippen molar-refractivity contribution in [3.63, 3.8) is 0 Å². The van der Waals surface area contributed by atoms with Crippen LogP contribution in [0.1, 0.15) is 34.4 Å². The molecule has 10 aromatic rings. The number of hydrogen-bond acceptors (Lipinski definition) is 8. The Labute approximate surface area is 340 Å². The predicted molar refractivity (Wildman–Crippen MR) is 225 cm³/mol. The van der Waals surface area contributed by atoms with Crippen molar-refractivity contribution in [2.75, 3.05) is 0 Å². The van der Waals surface area contributed by atoms with Crippen molar-refractivity contribution in [1.82, 2.24) is 44.0 Å². The zero-order valence-electron chi connectivity index (χ0n) is 32.6. The molecule has 290 valence electrons. The Morgan fingerprint density at radius 3 is 1.55 bits per heavy atom. The summed E-state index contributed by atoms with van der Waals surface area (Å²) in [6, 6.07) is 34.8. The summed E-state index contributed by atoms with van der Waals surface area (Å²) in [5, 5.41) is 13.7. The van der Waals surface area contributed by atoms with Gasteiger partial charge < -0.3 is 4.57 Å². The Morgan fingerprint density at radius 2 is 1.02 bits per heavy atom. The standard InChI is InChI=1S/C47H31F3N10/c1-25-53-26(2)56-45(55-25)30-13-15-41-37(20-30)34-9-5-7-11-39(34)59(41)43-24-52-44(22-36(43)32-17-29(23-51)18-33(19-32)47(48,49)50)60-40-12-8-6-10-35(40)38-21-31(14-16-42(38)60)46-57-27(3)54-28(4)58-46/h5-22,24H,1-4H3. The first-order valence-electron chi connectivity index (χ1n) is 19.0. The van der Waals surface area contributed by atoms with E-state index in [1.165, 1.54) is 6.07 Å². The van der Waals surface area contributed by atoms with Gasteiger partial charge in [-0.25, -0.2) is 34.9 Å². The molecule has 0 aliphatic carbocycles. The summed E-state index contributed by atoms with van der Waals surface area (Å²) in [4.78, 5) is 32.1. The maximum Gasteiger partial charge on any atom is 0.416 e. The number of aromatic nitrogens is 9. The lowest BCUT2D eigenvalue weighted by Crippen LogP contribution is -2.07. The van der Waals surface area contributed by atoms with E-state index in [0.717, 1.165) is 66.9 Å². The number of alkyl halides is 3. The molecule has 0 amide bonds. The van der Waals surface area contributed by atoms with Crippen LogP contribution in [0.4, 0.5) is 13.2 Å². The van der Waals surface area contributed by atoms with E-state index in [0.29, 0.717) is 52.0 Å². The summed E-state index contributed by atoms with van der Waals surface area (Å²) < 4.78 is 47.5. The predicted octanol–water partition coefficient (Wildman–Crippen LogP) is 10.8. The van der Waals surface area contributed by atoms with E-state index in [4.69, 9.17) is 4.98 Å². The Kier molecular flexibility index (Phi) is 8.29. The number of halogens is 3. The van der Waals surface area contributed by atoms with Gasteiger partial charge in [0.05, 0.1) is 51.1 Å². The Morgan fingerprint density at radius 1 is 0.517 bits per heavy atom. The lowest BCUT2D eigenvalue weighted by Gasteiger charge is -2.18. The maximum absolute atomic E-state index is 14.5. The van der Waals surface area contributed by atoms with Gasteiger partial charge in [-0.2, -0.15) is 18.4 Å². The number of para-hydroxylation sites is 2. The molecule has 0 radical (unpaired) electrons. The van der Waals surface area contributed by atoms with Gasteiger partial charge in [-0.3, -0.25) is 4.57 Å². The molecule has 0 aliphatic heterocycles. The highest BCUT2D eigenvalue weighted by Crippen LogP contribution is 2.41. The summed E-state index contributed by atoms with van der Waals surface area (Å²) in [6.07, 6.45) is -3.01. The molecule has 5 aromatic carbocycles. The Hall–Kier alpha value is -7.85. The summed E-state index contributed by atoms with van der Waals surface area (Å²) in [6.45, 7) is 7.30. The van der Waals surface area contributed by atoms with E-state index in [9.17, 15) is 18.4 Å². The number of nitriles is 1. The van der Waals surface area contributed by atoms with Crippen LogP contribution in [-0.2, 0) is 6.18 Å². The molecule has 0 unspecified atom stereocenters. The number of aryl methyl sites for hydroxylation is 4. The van der Waals surface area contributed by atoms with Gasteiger partial charge in [-0.05, 0) is 106 Å². The van der Waals surface area contributed by atoms with Gasteiger partial charge in [0.15, 0.2) is 11.6 Å². The second kappa shape index (κ2) is 13.6. The minimum absolute atomic E-state index is 0.118. The van der Waals surface area contributed by atoms with Gasteiger partial charge in [0.25, 0.3) is 0 Å². The zero-order valence-corrected chi connectivity index (χ0v) is 32.6. The number of nitrogens with zero attached hydrogens (tertiary/aromatic N) is 10. The second-order valence-electron chi connectivity index (χ2n) is 14.6. The highest BCUT2D eigenvalue weighted by atomic mass is 19.4. The molecule has 5 aromatic heterocycles. The molecule has 0 bridgehead atoms. The van der Waals surface area contributed by atoms with Crippen LogP contribution in [0.2, 0.25) is 0 Å². The minimum atomic E-state index is -4.70. The molecular formula is C47H31F3N10. The van der Waals surface area contributed by atoms with Crippen LogP contribution < -0.4 is 0 Å². The molecule has 0 aliphatic rings. The van der Waals surface area contributed by atoms with E-state index < -0.39 is 11.7 Å². The monoisotopic (exact) mass is 792 g/mol. The third kappa shape index (κ3) is 6.08. The molecule has 5 heterocycles. The second-order valence-corrected chi connectivity index (χ2v) is 14.6. The molecular weight excluding hydrogens is 762 g/mol. The van der Waals surface area contributed by atoms with E-state index >= 15 is 0 Å². The van der Waals surface area contributed by atoms with Crippen LogP contribution in [0, 0.1) is 39.0 Å². The van der Waals surface area contributed by atoms with Crippen molar-refractivity contribution in [2.24, 2.45) is 0 Å². The van der Waals surface area contributed by atoms with Crippen molar-refractivity contribution in [2.45, 2.75) is 33.9 Å².